The zero-order chi connectivity index (χ0) is 21.1. The summed E-state index contributed by atoms with van der Waals surface area (Å²) >= 11 is 0. The fourth-order valence-electron chi connectivity index (χ4n) is 3.01. The van der Waals surface area contributed by atoms with Gasteiger partial charge in [0.25, 0.3) is 0 Å². The van der Waals surface area contributed by atoms with E-state index in [1.165, 1.54) is 18.0 Å². The minimum atomic E-state index is -4.38. The Labute approximate surface area is 168 Å². The van der Waals surface area contributed by atoms with Crippen LogP contribution in [0.1, 0.15) is 54.7 Å². The Morgan fingerprint density at radius 3 is 2.10 bits per heavy atom. The van der Waals surface area contributed by atoms with Gasteiger partial charge in [0.05, 0.1) is 12.2 Å². The number of benzene rings is 2. The van der Waals surface area contributed by atoms with Crippen LogP contribution in [0.4, 0.5) is 13.2 Å². The van der Waals surface area contributed by atoms with E-state index >= 15 is 0 Å². The molecule has 1 heterocycles. The second-order valence-corrected chi connectivity index (χ2v) is 7.93. The maximum Gasteiger partial charge on any atom is 0.416 e. The third kappa shape index (κ3) is 5.41. The van der Waals surface area contributed by atoms with Gasteiger partial charge in [-0.1, -0.05) is 57.2 Å². The molecule has 0 aliphatic rings. The van der Waals surface area contributed by atoms with Crippen LogP contribution in [0.3, 0.4) is 0 Å². The van der Waals surface area contributed by atoms with Crippen molar-refractivity contribution in [2.45, 2.75) is 45.1 Å². The molecule has 2 aromatic carbocycles. The van der Waals surface area contributed by atoms with Gasteiger partial charge in [0.2, 0.25) is 0 Å². The van der Waals surface area contributed by atoms with Crippen molar-refractivity contribution in [3.8, 4) is 0 Å². The summed E-state index contributed by atoms with van der Waals surface area (Å²) in [5.74, 6) is 0. The van der Waals surface area contributed by atoms with Crippen LogP contribution in [0.5, 0.6) is 0 Å². The fourth-order valence-corrected chi connectivity index (χ4v) is 3.01. The van der Waals surface area contributed by atoms with E-state index in [1.807, 2.05) is 24.3 Å². The van der Waals surface area contributed by atoms with Crippen LogP contribution in [0, 0.1) is 0 Å². The lowest BCUT2D eigenvalue weighted by molar-refractivity contribution is -0.137. The van der Waals surface area contributed by atoms with E-state index in [4.69, 9.17) is 4.74 Å². The number of ether oxygens (including phenoxy) is 1. The molecule has 152 valence electrons. The van der Waals surface area contributed by atoms with Gasteiger partial charge in [-0.2, -0.15) is 13.2 Å². The SMILES string of the molecule is CC(C)(C)c1ccc(C(OCc2cccc(C(F)(F)F)c2)c2cncnc2)cc1. The van der Waals surface area contributed by atoms with Crippen molar-refractivity contribution >= 4 is 0 Å². The number of nitrogens with zero attached hydrogens (tertiary/aromatic N) is 2. The molecule has 0 saturated heterocycles. The van der Waals surface area contributed by atoms with Crippen molar-refractivity contribution in [2.24, 2.45) is 0 Å². The van der Waals surface area contributed by atoms with E-state index in [0.717, 1.165) is 23.3 Å². The highest BCUT2D eigenvalue weighted by Crippen LogP contribution is 2.32. The third-order valence-corrected chi connectivity index (χ3v) is 4.63. The molecular weight excluding hydrogens is 377 g/mol. The highest BCUT2D eigenvalue weighted by molar-refractivity contribution is 5.33. The van der Waals surface area contributed by atoms with Crippen molar-refractivity contribution in [3.05, 3.63) is 95.1 Å². The molecule has 1 unspecified atom stereocenters. The van der Waals surface area contributed by atoms with E-state index in [-0.39, 0.29) is 12.0 Å². The minimum absolute atomic E-state index is 0.0166. The maximum absolute atomic E-state index is 13.0. The van der Waals surface area contributed by atoms with Crippen LogP contribution in [0.2, 0.25) is 0 Å². The second-order valence-electron chi connectivity index (χ2n) is 7.93. The summed E-state index contributed by atoms with van der Waals surface area (Å²) in [7, 11) is 0. The van der Waals surface area contributed by atoms with Crippen molar-refractivity contribution in [1.29, 1.82) is 0 Å². The summed E-state index contributed by atoms with van der Waals surface area (Å²) in [5, 5.41) is 0. The maximum atomic E-state index is 13.0. The van der Waals surface area contributed by atoms with Gasteiger partial charge in [-0.25, -0.2) is 9.97 Å². The number of aromatic nitrogens is 2. The van der Waals surface area contributed by atoms with E-state index in [2.05, 4.69) is 30.7 Å². The standard InChI is InChI=1S/C23H23F3N2O/c1-22(2,3)19-9-7-17(8-10-19)21(18-12-27-15-28-13-18)29-14-16-5-4-6-20(11-16)23(24,25)26/h4-13,15,21H,14H2,1-3H3. The van der Waals surface area contributed by atoms with Crippen molar-refractivity contribution in [3.63, 3.8) is 0 Å². The molecule has 0 aliphatic carbocycles. The van der Waals surface area contributed by atoms with Gasteiger partial charge >= 0.3 is 6.18 Å². The molecule has 0 fully saturated rings. The Kier molecular flexibility index (Phi) is 6.03. The number of hydrogen-bond acceptors (Lipinski definition) is 3. The molecule has 6 heteroatoms. The molecule has 3 rings (SSSR count). The van der Waals surface area contributed by atoms with Gasteiger partial charge in [0.1, 0.15) is 12.4 Å². The first-order chi connectivity index (χ1) is 13.6. The first kappa shape index (κ1) is 21.0. The van der Waals surface area contributed by atoms with Crippen molar-refractivity contribution < 1.29 is 17.9 Å². The first-order valence-electron chi connectivity index (χ1n) is 9.28. The third-order valence-electron chi connectivity index (χ3n) is 4.63. The van der Waals surface area contributed by atoms with E-state index in [0.29, 0.717) is 5.56 Å². The summed E-state index contributed by atoms with van der Waals surface area (Å²) in [6.45, 7) is 6.43. The van der Waals surface area contributed by atoms with Crippen LogP contribution in [0.25, 0.3) is 0 Å². The Hall–Kier alpha value is -2.73. The largest absolute Gasteiger partial charge is 0.416 e. The van der Waals surface area contributed by atoms with E-state index in [1.54, 1.807) is 18.5 Å². The summed E-state index contributed by atoms with van der Waals surface area (Å²) in [6, 6.07) is 13.2. The molecular formula is C23H23F3N2O. The summed E-state index contributed by atoms with van der Waals surface area (Å²) in [6.07, 6.45) is -0.135. The lowest BCUT2D eigenvalue weighted by Gasteiger charge is -2.22. The van der Waals surface area contributed by atoms with Crippen molar-refractivity contribution in [1.82, 2.24) is 9.97 Å². The number of hydrogen-bond donors (Lipinski definition) is 0. The van der Waals surface area contributed by atoms with Gasteiger partial charge in [0, 0.05) is 18.0 Å². The van der Waals surface area contributed by atoms with Gasteiger partial charge in [-0.3, -0.25) is 0 Å². The quantitative estimate of drug-likeness (QED) is 0.519. The molecule has 1 atom stereocenters. The summed E-state index contributed by atoms with van der Waals surface area (Å²) in [4.78, 5) is 8.10. The predicted octanol–water partition coefficient (Wildman–Crippen LogP) is 6.10. The Morgan fingerprint density at radius 1 is 0.862 bits per heavy atom. The van der Waals surface area contributed by atoms with Crippen LogP contribution in [0.15, 0.2) is 67.3 Å². The van der Waals surface area contributed by atoms with Crippen LogP contribution >= 0.6 is 0 Å². The lowest BCUT2D eigenvalue weighted by Crippen LogP contribution is -2.12. The number of rotatable bonds is 5. The topological polar surface area (TPSA) is 35.0 Å². The Balaban J connectivity index is 1.86. The molecule has 0 bridgehead atoms. The molecule has 0 N–H and O–H groups in total. The number of alkyl halides is 3. The minimum Gasteiger partial charge on any atom is -0.364 e. The van der Waals surface area contributed by atoms with Crippen LogP contribution in [-0.4, -0.2) is 9.97 Å². The van der Waals surface area contributed by atoms with Crippen LogP contribution in [-0.2, 0) is 22.9 Å². The zero-order valence-corrected chi connectivity index (χ0v) is 16.6. The highest BCUT2D eigenvalue weighted by atomic mass is 19.4. The monoisotopic (exact) mass is 400 g/mol. The molecule has 0 amide bonds. The molecule has 0 aliphatic heterocycles. The van der Waals surface area contributed by atoms with Gasteiger partial charge < -0.3 is 4.74 Å². The van der Waals surface area contributed by atoms with E-state index in [9.17, 15) is 13.2 Å². The smallest absolute Gasteiger partial charge is 0.364 e. The zero-order valence-electron chi connectivity index (χ0n) is 16.6. The lowest BCUT2D eigenvalue weighted by atomic mass is 9.86. The molecule has 1 aromatic heterocycles. The second kappa shape index (κ2) is 8.33. The molecule has 3 nitrogen and oxygen atoms in total. The average Bonchev–Trinajstić information content (AvgIpc) is 2.68. The number of halogens is 3. The molecule has 29 heavy (non-hydrogen) atoms. The van der Waals surface area contributed by atoms with Gasteiger partial charge in [-0.05, 0) is 34.2 Å². The highest BCUT2D eigenvalue weighted by Gasteiger charge is 2.30. The molecule has 0 saturated carbocycles. The normalized spacial score (nSPS) is 13.3. The summed E-state index contributed by atoms with van der Waals surface area (Å²) in [5.41, 5.74) is 2.59. The van der Waals surface area contributed by atoms with Crippen molar-refractivity contribution in [2.75, 3.05) is 0 Å². The predicted molar refractivity (Wildman–Crippen MR) is 105 cm³/mol. The van der Waals surface area contributed by atoms with Gasteiger partial charge in [-0.15, -0.1) is 0 Å². The Bertz CT molecular complexity index is 933. The fraction of sp³-hybridized carbons (Fsp3) is 0.304. The first-order valence-corrected chi connectivity index (χ1v) is 9.28. The van der Waals surface area contributed by atoms with Crippen LogP contribution < -0.4 is 0 Å². The van der Waals surface area contributed by atoms with Gasteiger partial charge in [0.15, 0.2) is 0 Å². The average molecular weight is 400 g/mol. The summed E-state index contributed by atoms with van der Waals surface area (Å²) < 4.78 is 45.0. The molecule has 0 spiro atoms. The molecule has 3 aromatic rings. The van der Waals surface area contributed by atoms with E-state index < -0.39 is 17.8 Å². The Morgan fingerprint density at radius 2 is 1.52 bits per heavy atom. The molecule has 0 radical (unpaired) electrons.